The lowest BCUT2D eigenvalue weighted by Gasteiger charge is -2.41. The second kappa shape index (κ2) is 16.5. The average Bonchev–Trinajstić information content (AvgIpc) is 3.55. The molecule has 20 heteroatoms. The molecule has 0 unspecified atom stereocenters. The number of aromatic nitrogens is 3. The smallest absolute Gasteiger partial charge is 0.361 e. The van der Waals surface area contributed by atoms with Gasteiger partial charge in [-0.1, -0.05) is 53.0 Å². The molecule has 0 saturated carbocycles. The number of benzene rings is 4. The zero-order valence-corrected chi connectivity index (χ0v) is 30.3. The first-order chi connectivity index (χ1) is 26.9. The van der Waals surface area contributed by atoms with Crippen molar-refractivity contribution in [3.05, 3.63) is 159 Å². The van der Waals surface area contributed by atoms with E-state index in [-0.39, 0.29) is 47.2 Å². The van der Waals surface area contributed by atoms with Crippen molar-refractivity contribution in [2.24, 2.45) is 0 Å². The molecule has 5 aromatic rings. The van der Waals surface area contributed by atoms with Crippen molar-refractivity contribution in [3.63, 3.8) is 0 Å². The van der Waals surface area contributed by atoms with Gasteiger partial charge < -0.3 is 18.5 Å². The molecule has 4 aromatic carbocycles. The third kappa shape index (κ3) is 9.68. The summed E-state index contributed by atoms with van der Waals surface area (Å²) in [7, 11) is -5.27. The zero-order chi connectivity index (χ0) is 41.1. The van der Waals surface area contributed by atoms with Gasteiger partial charge in [0.25, 0.3) is 0 Å². The van der Waals surface area contributed by atoms with Crippen molar-refractivity contribution in [3.8, 4) is 0 Å². The maximum Gasteiger partial charge on any atom is 0.573 e. The fraction of sp³-hybridized carbons (Fsp3) is 0.243. The molecule has 300 valence electrons. The van der Waals surface area contributed by atoms with E-state index in [0.29, 0.717) is 17.7 Å². The van der Waals surface area contributed by atoms with Crippen molar-refractivity contribution >= 4 is 19.7 Å². The highest BCUT2D eigenvalue weighted by atomic mass is 31.2. The second-order valence-electron chi connectivity index (χ2n) is 12.5. The largest absolute Gasteiger partial charge is 0.573 e. The maximum atomic E-state index is 14.3. The second-order valence-corrected chi connectivity index (χ2v) is 14.2. The van der Waals surface area contributed by atoms with Crippen LogP contribution in [0, 0.1) is 5.82 Å². The van der Waals surface area contributed by atoms with E-state index in [2.05, 4.69) is 10.1 Å². The van der Waals surface area contributed by atoms with Gasteiger partial charge in [-0.05, 0) is 72.6 Å². The first-order valence-corrected chi connectivity index (χ1v) is 18.3. The molecule has 12 nitrogen and oxygen atoms in total. The van der Waals surface area contributed by atoms with Gasteiger partial charge in [0.05, 0.1) is 47.6 Å². The molecule has 6 rings (SSSR count). The molecule has 1 aliphatic heterocycles. The molecule has 1 aliphatic rings. The number of rotatable bonds is 11. The van der Waals surface area contributed by atoms with Crippen LogP contribution >= 0.6 is 7.75 Å². The molecule has 2 heterocycles. The van der Waals surface area contributed by atoms with Crippen molar-refractivity contribution in [1.82, 2.24) is 19.4 Å². The Balaban J connectivity index is 1.32. The van der Waals surface area contributed by atoms with E-state index in [1.165, 1.54) is 67.6 Å². The summed E-state index contributed by atoms with van der Waals surface area (Å²) in [6, 6.07) is 19.2. The number of nitrogens with one attached hydrogen (secondary N) is 1. The van der Waals surface area contributed by atoms with Gasteiger partial charge >= 0.3 is 37.7 Å². The Hall–Kier alpha value is -5.62. The SMILES string of the molecule is C[C@@H](O[C@H]1OCCN(Cc2nn(P(=O)(OC(=O)c3ccccc3)OC(=O)c3ccccc3)c(=O)[nH]2)[C@H]1c1ccc(F)cc1)c1cc(C(F)(F)F)cc(C(F)(F)F)c1. The first-order valence-electron chi connectivity index (χ1n) is 16.8. The number of ether oxygens (including phenoxy) is 2. The van der Waals surface area contributed by atoms with Gasteiger partial charge in [-0.15, -0.1) is 5.10 Å². The van der Waals surface area contributed by atoms with Gasteiger partial charge in [-0.25, -0.2) is 23.3 Å². The molecule has 0 amide bonds. The molecule has 1 fully saturated rings. The number of H-pyrrole nitrogens is 1. The summed E-state index contributed by atoms with van der Waals surface area (Å²) in [6.07, 6.45) is -13.1. The van der Waals surface area contributed by atoms with Crippen LogP contribution < -0.4 is 5.69 Å². The van der Waals surface area contributed by atoms with Crippen LogP contribution in [0.2, 0.25) is 0 Å². The molecular weight excluding hydrogens is 792 g/mol. The normalized spacial score (nSPS) is 17.2. The Bertz CT molecular complexity index is 2230. The van der Waals surface area contributed by atoms with E-state index in [9.17, 15) is 49.7 Å². The van der Waals surface area contributed by atoms with E-state index in [1.807, 2.05) is 0 Å². The summed E-state index contributed by atoms with van der Waals surface area (Å²) in [5, 5.41) is 4.05. The Labute approximate surface area is 318 Å². The Morgan fingerprint density at radius 1 is 0.860 bits per heavy atom. The van der Waals surface area contributed by atoms with E-state index in [1.54, 1.807) is 17.0 Å². The number of hydrogen-bond donors (Lipinski definition) is 1. The van der Waals surface area contributed by atoms with Gasteiger partial charge in [-0.3, -0.25) is 9.88 Å². The highest BCUT2D eigenvalue weighted by Crippen LogP contribution is 2.49. The van der Waals surface area contributed by atoms with Crippen LogP contribution in [0.4, 0.5) is 30.7 Å². The predicted octanol–water partition coefficient (Wildman–Crippen LogP) is 8.10. The molecular formula is C37H30F7N4O8P. The summed E-state index contributed by atoms with van der Waals surface area (Å²) in [5.41, 5.74) is -4.69. The topological polar surface area (TPSA) is 142 Å². The molecule has 1 saturated heterocycles. The van der Waals surface area contributed by atoms with Crippen LogP contribution in [0.25, 0.3) is 0 Å². The number of hydrogen-bond acceptors (Lipinski definition) is 10. The van der Waals surface area contributed by atoms with E-state index in [4.69, 9.17) is 18.5 Å². The zero-order valence-electron chi connectivity index (χ0n) is 29.4. The number of morpholine rings is 1. The van der Waals surface area contributed by atoms with Crippen LogP contribution in [-0.4, -0.2) is 50.8 Å². The highest BCUT2D eigenvalue weighted by molar-refractivity contribution is 7.53. The van der Waals surface area contributed by atoms with Gasteiger partial charge in [0.15, 0.2) is 6.29 Å². The van der Waals surface area contributed by atoms with Crippen LogP contribution in [0.15, 0.2) is 108 Å². The molecule has 1 aromatic heterocycles. The van der Waals surface area contributed by atoms with Crippen LogP contribution in [0.1, 0.15) is 67.9 Å². The van der Waals surface area contributed by atoms with E-state index < -0.39 is 78.7 Å². The van der Waals surface area contributed by atoms with Crippen LogP contribution in [0.5, 0.6) is 0 Å². The molecule has 0 bridgehead atoms. The number of carbonyl (C=O) groups is 2. The number of halogens is 7. The lowest BCUT2D eigenvalue weighted by atomic mass is 10.0. The monoisotopic (exact) mass is 822 g/mol. The molecule has 0 aliphatic carbocycles. The summed E-state index contributed by atoms with van der Waals surface area (Å²) in [4.78, 5) is 43.4. The maximum absolute atomic E-state index is 14.3. The quantitative estimate of drug-likeness (QED) is 0.103. The Morgan fingerprint density at radius 2 is 1.39 bits per heavy atom. The third-order valence-electron chi connectivity index (χ3n) is 8.59. The van der Waals surface area contributed by atoms with Crippen LogP contribution in [-0.2, 0) is 42.0 Å². The number of aromatic amines is 1. The van der Waals surface area contributed by atoms with Gasteiger partial charge in [0.2, 0.25) is 0 Å². The molecule has 57 heavy (non-hydrogen) atoms. The van der Waals surface area contributed by atoms with Gasteiger partial charge in [0, 0.05) is 6.54 Å². The molecule has 0 spiro atoms. The number of alkyl halides is 6. The fourth-order valence-electron chi connectivity index (χ4n) is 5.85. The van der Waals surface area contributed by atoms with Gasteiger partial charge in [-0.2, -0.15) is 26.3 Å². The summed E-state index contributed by atoms with van der Waals surface area (Å²) >= 11 is 0. The van der Waals surface area contributed by atoms with Crippen molar-refractivity contribution in [1.29, 1.82) is 0 Å². The van der Waals surface area contributed by atoms with Gasteiger partial charge in [0.1, 0.15) is 11.6 Å². The van der Waals surface area contributed by atoms with E-state index >= 15 is 0 Å². The Kier molecular flexibility index (Phi) is 11.9. The molecule has 3 atom stereocenters. The molecule has 0 radical (unpaired) electrons. The lowest BCUT2D eigenvalue weighted by Crippen LogP contribution is -2.46. The average molecular weight is 823 g/mol. The standard InChI is InChI=1S/C37H30F7N4O8P/c1-22(26-18-27(36(39,40)41)20-28(19-26)37(42,43)44)54-34-31(23-12-14-29(38)15-13-23)47(16-17-53-34)21-30-45-35(51)48(46-30)57(52,55-32(49)24-8-4-2-5-9-24)56-33(50)25-10-6-3-7-11-25/h2-15,18-20,22,31,34H,16-17,21H2,1H3,(H,45,46,51)/t22-,31+,34-/m1/s1. The predicted molar refractivity (Wildman–Crippen MR) is 185 cm³/mol. The molecule has 1 N–H and O–H groups in total. The highest BCUT2D eigenvalue weighted by Gasteiger charge is 2.42. The third-order valence-corrected chi connectivity index (χ3v) is 10.1. The fourth-order valence-corrected chi connectivity index (χ4v) is 7.16. The van der Waals surface area contributed by atoms with Crippen molar-refractivity contribution < 1.29 is 63.4 Å². The Morgan fingerprint density at radius 3 is 1.89 bits per heavy atom. The summed E-state index contributed by atoms with van der Waals surface area (Å²) in [6.45, 7) is 0.793. The first kappa shape index (κ1) is 41.0. The number of nitrogens with zero attached hydrogens (tertiary/aromatic N) is 3. The van der Waals surface area contributed by atoms with E-state index in [0.717, 1.165) is 12.1 Å². The summed E-state index contributed by atoms with van der Waals surface area (Å²) in [5.74, 6) is -3.32. The number of carbonyl (C=O) groups excluding carboxylic acids is 2. The van der Waals surface area contributed by atoms with Crippen molar-refractivity contribution in [2.75, 3.05) is 13.2 Å². The lowest BCUT2D eigenvalue weighted by molar-refractivity contribution is -0.231. The van der Waals surface area contributed by atoms with Crippen LogP contribution in [0.3, 0.4) is 0 Å². The minimum atomic E-state index is -5.27. The minimum absolute atomic E-state index is 0.0135. The van der Waals surface area contributed by atoms with Crippen molar-refractivity contribution in [2.45, 2.75) is 44.3 Å². The minimum Gasteiger partial charge on any atom is -0.361 e. The summed E-state index contributed by atoms with van der Waals surface area (Å²) < 4.78 is 133.